The van der Waals surface area contributed by atoms with E-state index in [1.165, 1.54) is 0 Å². The first-order chi connectivity index (χ1) is 6.11. The molecule has 0 aromatic heterocycles. The third-order valence-corrected chi connectivity index (χ3v) is 3.27. The molecule has 14 heavy (non-hydrogen) atoms. The maximum atomic E-state index is 11.4. The van der Waals surface area contributed by atoms with E-state index < -0.39 is 0 Å². The van der Waals surface area contributed by atoms with Crippen LogP contribution in [0.2, 0.25) is 0 Å². The lowest BCUT2D eigenvalue weighted by Crippen LogP contribution is -2.42. The number of hydrogen-bond acceptors (Lipinski definition) is 3. The summed E-state index contributed by atoms with van der Waals surface area (Å²) in [4.78, 5) is 13.7. The van der Waals surface area contributed by atoms with Crippen LogP contribution in [0.15, 0.2) is 0 Å². The Labute approximate surface area is 91.2 Å². The summed E-state index contributed by atoms with van der Waals surface area (Å²) in [5, 5.41) is 0. The lowest BCUT2D eigenvalue weighted by Gasteiger charge is -2.36. The van der Waals surface area contributed by atoms with Gasteiger partial charge in [0.2, 0.25) is 0 Å². The fourth-order valence-corrected chi connectivity index (χ4v) is 2.26. The smallest absolute Gasteiger partial charge is 0.164 e. The Morgan fingerprint density at radius 1 is 1.43 bits per heavy atom. The van der Waals surface area contributed by atoms with Gasteiger partial charge < -0.3 is 9.64 Å². The second kappa shape index (κ2) is 4.17. The number of ketones is 1. The fraction of sp³-hybridized carbons (Fsp3) is 0.900. The van der Waals surface area contributed by atoms with Crippen molar-refractivity contribution in [2.24, 2.45) is 0 Å². The quantitative estimate of drug-likeness (QED) is 0.614. The summed E-state index contributed by atoms with van der Waals surface area (Å²) in [5.41, 5.74) is -0.0942. The molecule has 2 aliphatic heterocycles. The van der Waals surface area contributed by atoms with E-state index in [1.54, 1.807) is 0 Å². The molecule has 1 spiro atoms. The highest BCUT2D eigenvalue weighted by atomic mass is 35.5. The van der Waals surface area contributed by atoms with Gasteiger partial charge in [-0.05, 0) is 26.8 Å². The minimum Gasteiger partial charge on any atom is -0.364 e. The van der Waals surface area contributed by atoms with Crippen molar-refractivity contribution in [3.05, 3.63) is 0 Å². The van der Waals surface area contributed by atoms with Crippen molar-refractivity contribution in [1.29, 1.82) is 0 Å². The Morgan fingerprint density at radius 2 is 2.00 bits per heavy atom. The molecule has 0 aliphatic carbocycles. The van der Waals surface area contributed by atoms with Crippen LogP contribution >= 0.6 is 12.4 Å². The molecule has 1 unspecified atom stereocenters. The molecule has 4 heteroatoms. The molecular weight excluding hydrogens is 202 g/mol. The summed E-state index contributed by atoms with van der Waals surface area (Å²) >= 11 is 0. The highest BCUT2D eigenvalue weighted by molar-refractivity contribution is 5.85. The number of rotatable bonds is 0. The number of piperidine rings is 1. The lowest BCUT2D eigenvalue weighted by molar-refractivity contribution is -0.123. The highest BCUT2D eigenvalue weighted by Gasteiger charge is 2.44. The molecule has 0 aromatic carbocycles. The monoisotopic (exact) mass is 219 g/mol. The number of Topliss-reactive ketones (excluding diaryl/α,β-unsaturated/α-hetero) is 1. The standard InChI is InChI=1S/C10H17NO2.ClH/c1-8-9(12)7-10(13-8)3-5-11(2)6-4-10;/h8H,3-7H2,1-2H3;1H. The summed E-state index contributed by atoms with van der Waals surface area (Å²) < 4.78 is 5.77. The summed E-state index contributed by atoms with van der Waals surface area (Å²) in [6, 6.07) is 0. The SMILES string of the molecule is CC1OC2(CCN(C)CC2)CC1=O.Cl. The van der Waals surface area contributed by atoms with E-state index in [4.69, 9.17) is 4.74 Å². The van der Waals surface area contributed by atoms with E-state index in [0.29, 0.717) is 6.42 Å². The summed E-state index contributed by atoms with van der Waals surface area (Å²) in [6.45, 7) is 3.98. The molecule has 0 aromatic rings. The third kappa shape index (κ3) is 2.10. The molecule has 0 amide bonds. The van der Waals surface area contributed by atoms with Crippen LogP contribution in [0.5, 0.6) is 0 Å². The van der Waals surface area contributed by atoms with Crippen LogP contribution in [0.4, 0.5) is 0 Å². The number of carbonyl (C=O) groups excluding carboxylic acids is 1. The molecule has 2 fully saturated rings. The van der Waals surface area contributed by atoms with Crippen molar-refractivity contribution in [3.8, 4) is 0 Å². The van der Waals surface area contributed by atoms with Crippen LogP contribution in [0.25, 0.3) is 0 Å². The van der Waals surface area contributed by atoms with Gasteiger partial charge in [0.25, 0.3) is 0 Å². The Bertz CT molecular complexity index is 224. The molecule has 3 nitrogen and oxygen atoms in total. The molecular formula is C10H18ClNO2. The second-order valence-corrected chi connectivity index (χ2v) is 4.39. The average Bonchev–Trinajstić information content (AvgIpc) is 2.36. The predicted molar refractivity (Wildman–Crippen MR) is 56.9 cm³/mol. The van der Waals surface area contributed by atoms with Crippen LogP contribution in [-0.2, 0) is 9.53 Å². The topological polar surface area (TPSA) is 29.5 Å². The molecule has 0 N–H and O–H groups in total. The van der Waals surface area contributed by atoms with Crippen molar-refractivity contribution < 1.29 is 9.53 Å². The largest absolute Gasteiger partial charge is 0.364 e. The number of likely N-dealkylation sites (tertiary alicyclic amines) is 1. The van der Waals surface area contributed by atoms with Gasteiger partial charge in [0.15, 0.2) is 5.78 Å². The highest BCUT2D eigenvalue weighted by Crippen LogP contribution is 2.36. The minimum absolute atomic E-state index is 0. The van der Waals surface area contributed by atoms with Gasteiger partial charge in [0, 0.05) is 19.5 Å². The first-order valence-electron chi connectivity index (χ1n) is 5.00. The minimum atomic E-state index is -0.164. The van der Waals surface area contributed by atoms with Gasteiger partial charge in [-0.2, -0.15) is 0 Å². The Kier molecular flexibility index (Phi) is 3.56. The van der Waals surface area contributed by atoms with E-state index in [2.05, 4.69) is 11.9 Å². The summed E-state index contributed by atoms with van der Waals surface area (Å²) in [6.07, 6.45) is 2.50. The second-order valence-electron chi connectivity index (χ2n) is 4.39. The maximum absolute atomic E-state index is 11.4. The zero-order chi connectivity index (χ0) is 9.47. The van der Waals surface area contributed by atoms with Crippen molar-refractivity contribution in [1.82, 2.24) is 4.90 Å². The average molecular weight is 220 g/mol. The normalized spacial score (nSPS) is 31.9. The summed E-state index contributed by atoms with van der Waals surface area (Å²) in [5.74, 6) is 0.282. The van der Waals surface area contributed by atoms with E-state index in [0.717, 1.165) is 25.9 Å². The van der Waals surface area contributed by atoms with Gasteiger partial charge in [-0.25, -0.2) is 0 Å². The molecule has 0 radical (unpaired) electrons. The number of nitrogens with zero attached hydrogens (tertiary/aromatic N) is 1. The van der Waals surface area contributed by atoms with Crippen LogP contribution in [0.3, 0.4) is 0 Å². The van der Waals surface area contributed by atoms with Gasteiger partial charge in [-0.15, -0.1) is 12.4 Å². The van der Waals surface area contributed by atoms with E-state index in [1.807, 2.05) is 6.92 Å². The lowest BCUT2D eigenvalue weighted by atomic mass is 9.88. The molecule has 2 rings (SSSR count). The van der Waals surface area contributed by atoms with Crippen LogP contribution in [-0.4, -0.2) is 42.5 Å². The predicted octanol–water partition coefficient (Wildman–Crippen LogP) is 1.25. The number of carbonyl (C=O) groups is 1. The zero-order valence-corrected chi connectivity index (χ0v) is 9.60. The molecule has 2 aliphatic rings. The van der Waals surface area contributed by atoms with Crippen LogP contribution < -0.4 is 0 Å². The van der Waals surface area contributed by atoms with Crippen molar-refractivity contribution >= 4 is 18.2 Å². The van der Waals surface area contributed by atoms with Crippen molar-refractivity contribution in [2.45, 2.75) is 37.9 Å². The van der Waals surface area contributed by atoms with Gasteiger partial charge >= 0.3 is 0 Å². The van der Waals surface area contributed by atoms with Gasteiger partial charge in [0.1, 0.15) is 6.10 Å². The molecule has 2 heterocycles. The fourth-order valence-electron chi connectivity index (χ4n) is 2.26. The van der Waals surface area contributed by atoms with Crippen molar-refractivity contribution in [3.63, 3.8) is 0 Å². The molecule has 2 saturated heterocycles. The first kappa shape index (κ1) is 12.0. The van der Waals surface area contributed by atoms with Gasteiger partial charge in [-0.1, -0.05) is 0 Å². The Hall–Kier alpha value is -0.120. The van der Waals surface area contributed by atoms with Gasteiger partial charge in [0.05, 0.1) is 5.60 Å². The first-order valence-corrected chi connectivity index (χ1v) is 5.00. The third-order valence-electron chi connectivity index (χ3n) is 3.27. The molecule has 82 valence electrons. The maximum Gasteiger partial charge on any atom is 0.164 e. The van der Waals surface area contributed by atoms with Crippen molar-refractivity contribution in [2.75, 3.05) is 20.1 Å². The van der Waals surface area contributed by atoms with Crippen LogP contribution in [0.1, 0.15) is 26.2 Å². The van der Waals surface area contributed by atoms with Crippen LogP contribution in [0, 0.1) is 0 Å². The zero-order valence-electron chi connectivity index (χ0n) is 8.78. The Balaban J connectivity index is 0.000000980. The van der Waals surface area contributed by atoms with E-state index >= 15 is 0 Å². The molecule has 0 bridgehead atoms. The number of halogens is 1. The summed E-state index contributed by atoms with van der Waals surface area (Å²) in [7, 11) is 2.12. The number of ether oxygens (including phenoxy) is 1. The number of hydrogen-bond donors (Lipinski definition) is 0. The van der Waals surface area contributed by atoms with E-state index in [-0.39, 0.29) is 29.9 Å². The van der Waals surface area contributed by atoms with E-state index in [9.17, 15) is 4.79 Å². The molecule has 0 saturated carbocycles. The Morgan fingerprint density at radius 3 is 2.43 bits per heavy atom. The molecule has 1 atom stereocenters. The van der Waals surface area contributed by atoms with Gasteiger partial charge in [-0.3, -0.25) is 4.79 Å².